The number of aryl methyl sites for hydroxylation is 2. The van der Waals surface area contributed by atoms with E-state index < -0.39 is 22.6 Å². The molecule has 0 aliphatic carbocycles. The van der Waals surface area contributed by atoms with E-state index in [4.69, 9.17) is 17.3 Å². The molecular weight excluding hydrogens is 342 g/mol. The van der Waals surface area contributed by atoms with Gasteiger partial charge in [-0.1, -0.05) is 11.6 Å². The van der Waals surface area contributed by atoms with E-state index in [-0.39, 0.29) is 29.4 Å². The van der Waals surface area contributed by atoms with E-state index in [1.807, 2.05) is 6.92 Å². The second-order valence-corrected chi connectivity index (χ2v) is 5.14. The van der Waals surface area contributed by atoms with Crippen LogP contribution in [-0.2, 0) is 17.9 Å². The number of anilines is 1. The first-order valence-electron chi connectivity index (χ1n) is 6.86. The number of halogens is 1. The molecule has 11 nitrogen and oxygen atoms in total. The van der Waals surface area contributed by atoms with Gasteiger partial charge in [0.1, 0.15) is 0 Å². The first-order valence-corrected chi connectivity index (χ1v) is 7.24. The Kier molecular flexibility index (Phi) is 5.14. The number of amides is 2. The van der Waals surface area contributed by atoms with Crippen LogP contribution in [0.2, 0.25) is 5.02 Å². The van der Waals surface area contributed by atoms with Gasteiger partial charge in [-0.2, -0.15) is 9.78 Å². The van der Waals surface area contributed by atoms with Crippen molar-refractivity contribution in [3.05, 3.63) is 33.2 Å². The smallest absolute Gasteiger partial charge is 0.364 e. The lowest BCUT2D eigenvalue weighted by molar-refractivity contribution is -0.389. The summed E-state index contributed by atoms with van der Waals surface area (Å²) in [6, 6.07) is 0. The van der Waals surface area contributed by atoms with E-state index in [0.29, 0.717) is 6.54 Å². The largest absolute Gasteiger partial charge is 0.408 e. The van der Waals surface area contributed by atoms with E-state index in [9.17, 15) is 19.7 Å². The number of aromatic nitrogens is 4. The Morgan fingerprint density at radius 3 is 2.62 bits per heavy atom. The second kappa shape index (κ2) is 7.08. The Morgan fingerprint density at radius 1 is 1.38 bits per heavy atom. The van der Waals surface area contributed by atoms with E-state index in [0.717, 1.165) is 0 Å². The zero-order valence-electron chi connectivity index (χ0n) is 12.6. The summed E-state index contributed by atoms with van der Waals surface area (Å²) in [5.41, 5.74) is 5.38. The summed E-state index contributed by atoms with van der Waals surface area (Å²) in [7, 11) is 0. The molecule has 0 spiro atoms. The Labute approximate surface area is 140 Å². The Hall–Kier alpha value is -2.95. The van der Waals surface area contributed by atoms with Crippen molar-refractivity contribution in [2.75, 3.05) is 5.32 Å². The summed E-state index contributed by atoms with van der Waals surface area (Å²) in [5.74, 6) is -1.66. The average Bonchev–Trinajstić information content (AvgIpc) is 3.08. The zero-order chi connectivity index (χ0) is 17.9. The molecule has 128 valence electrons. The van der Waals surface area contributed by atoms with Gasteiger partial charge in [0.15, 0.2) is 10.7 Å². The van der Waals surface area contributed by atoms with Gasteiger partial charge < -0.3 is 21.2 Å². The van der Waals surface area contributed by atoms with Crippen LogP contribution in [0.4, 0.5) is 11.5 Å². The lowest BCUT2D eigenvalue weighted by Crippen LogP contribution is -2.19. The number of nitrogens with one attached hydrogen (secondary N) is 1. The molecule has 12 heteroatoms. The molecule has 2 aromatic rings. The van der Waals surface area contributed by atoms with Crippen LogP contribution in [0.15, 0.2) is 12.4 Å². The summed E-state index contributed by atoms with van der Waals surface area (Å²) < 4.78 is 2.66. The Balaban J connectivity index is 2.01. The number of nitrogens with zero attached hydrogens (tertiary/aromatic N) is 5. The predicted molar refractivity (Wildman–Crippen MR) is 83.6 cm³/mol. The van der Waals surface area contributed by atoms with E-state index in [2.05, 4.69) is 15.5 Å². The topological polar surface area (TPSA) is 151 Å². The van der Waals surface area contributed by atoms with Crippen LogP contribution in [0.5, 0.6) is 0 Å². The Bertz CT molecular complexity index is 797. The number of carbonyl (C=O) groups excluding carboxylic acids is 2. The molecule has 0 saturated heterocycles. The van der Waals surface area contributed by atoms with Gasteiger partial charge in [0, 0.05) is 19.2 Å². The zero-order valence-corrected chi connectivity index (χ0v) is 13.4. The standard InChI is InChI=1S/C12H14ClN7O4/c1-2-18-6-8(10(16-18)11(14)22)15-9(21)3-4-19-5-7(13)12(17-19)20(23)24/h5-6H,2-4H2,1H3,(H2,14,22)(H,15,21). The van der Waals surface area contributed by atoms with Gasteiger partial charge in [-0.15, -0.1) is 0 Å². The van der Waals surface area contributed by atoms with Gasteiger partial charge in [-0.3, -0.25) is 14.3 Å². The average molecular weight is 356 g/mol. The number of hydrogen-bond acceptors (Lipinski definition) is 6. The number of carbonyl (C=O) groups is 2. The first-order chi connectivity index (χ1) is 11.3. The highest BCUT2D eigenvalue weighted by molar-refractivity contribution is 6.32. The normalized spacial score (nSPS) is 10.6. The molecule has 2 amide bonds. The van der Waals surface area contributed by atoms with Crippen molar-refractivity contribution >= 4 is 34.9 Å². The summed E-state index contributed by atoms with van der Waals surface area (Å²) in [6.45, 7) is 2.40. The first kappa shape index (κ1) is 17.4. The van der Waals surface area contributed by atoms with Crippen LogP contribution in [0, 0.1) is 10.1 Å². The molecule has 0 unspecified atom stereocenters. The fourth-order valence-electron chi connectivity index (χ4n) is 1.91. The minimum atomic E-state index is -0.757. The van der Waals surface area contributed by atoms with E-state index in [1.165, 1.54) is 21.8 Å². The van der Waals surface area contributed by atoms with Crippen molar-refractivity contribution in [2.45, 2.75) is 26.4 Å². The van der Waals surface area contributed by atoms with Crippen molar-refractivity contribution in [2.24, 2.45) is 5.73 Å². The van der Waals surface area contributed by atoms with Crippen molar-refractivity contribution in [1.29, 1.82) is 0 Å². The third kappa shape index (κ3) is 3.87. The molecule has 24 heavy (non-hydrogen) atoms. The van der Waals surface area contributed by atoms with Gasteiger partial charge in [-0.05, 0) is 11.8 Å². The highest BCUT2D eigenvalue weighted by Gasteiger charge is 2.20. The minimum absolute atomic E-state index is 0.0370. The molecule has 0 bridgehead atoms. The van der Waals surface area contributed by atoms with Crippen LogP contribution >= 0.6 is 11.6 Å². The molecule has 0 aliphatic rings. The molecule has 0 aliphatic heterocycles. The van der Waals surface area contributed by atoms with Crippen LogP contribution in [0.3, 0.4) is 0 Å². The van der Waals surface area contributed by atoms with Crippen molar-refractivity contribution in [3.63, 3.8) is 0 Å². The Morgan fingerprint density at radius 2 is 2.08 bits per heavy atom. The maximum absolute atomic E-state index is 12.0. The number of rotatable bonds is 7. The molecule has 2 aromatic heterocycles. The number of hydrogen-bond donors (Lipinski definition) is 2. The van der Waals surface area contributed by atoms with Crippen molar-refractivity contribution in [3.8, 4) is 0 Å². The fraction of sp³-hybridized carbons (Fsp3) is 0.333. The van der Waals surface area contributed by atoms with Gasteiger partial charge in [0.05, 0.1) is 23.5 Å². The van der Waals surface area contributed by atoms with E-state index >= 15 is 0 Å². The van der Waals surface area contributed by atoms with Gasteiger partial charge in [-0.25, -0.2) is 0 Å². The third-order valence-electron chi connectivity index (χ3n) is 3.03. The molecule has 3 N–H and O–H groups in total. The highest BCUT2D eigenvalue weighted by Crippen LogP contribution is 2.21. The maximum Gasteiger partial charge on any atom is 0.408 e. The molecular formula is C12H14ClN7O4. The molecule has 2 rings (SSSR count). The van der Waals surface area contributed by atoms with Crippen molar-refractivity contribution < 1.29 is 14.5 Å². The summed E-state index contributed by atoms with van der Waals surface area (Å²) in [5, 5.41) is 20.7. The number of nitrogens with two attached hydrogens (primary N) is 1. The third-order valence-corrected chi connectivity index (χ3v) is 3.30. The molecule has 0 radical (unpaired) electrons. The van der Waals surface area contributed by atoms with Crippen molar-refractivity contribution in [1.82, 2.24) is 19.6 Å². The monoisotopic (exact) mass is 355 g/mol. The van der Waals surface area contributed by atoms with Gasteiger partial charge >= 0.3 is 5.82 Å². The lowest BCUT2D eigenvalue weighted by atomic mass is 10.3. The SMILES string of the molecule is CCn1cc(NC(=O)CCn2cc(Cl)c([N+](=O)[O-])n2)c(C(N)=O)n1. The second-order valence-electron chi connectivity index (χ2n) is 4.73. The lowest BCUT2D eigenvalue weighted by Gasteiger charge is -2.02. The quantitative estimate of drug-likeness (QED) is 0.553. The molecule has 0 atom stereocenters. The number of primary amides is 1. The summed E-state index contributed by atoms with van der Waals surface area (Å²) in [4.78, 5) is 33.2. The number of nitro groups is 1. The highest BCUT2D eigenvalue weighted by atomic mass is 35.5. The molecule has 0 saturated carbocycles. The molecule has 0 aromatic carbocycles. The molecule has 2 heterocycles. The summed E-state index contributed by atoms with van der Waals surface area (Å²) in [6.07, 6.45) is 2.72. The summed E-state index contributed by atoms with van der Waals surface area (Å²) >= 11 is 5.67. The van der Waals surface area contributed by atoms with Crippen LogP contribution in [0.25, 0.3) is 0 Å². The van der Waals surface area contributed by atoms with Gasteiger partial charge in [0.25, 0.3) is 5.91 Å². The maximum atomic E-state index is 12.0. The van der Waals surface area contributed by atoms with Crippen LogP contribution in [0.1, 0.15) is 23.8 Å². The van der Waals surface area contributed by atoms with Crippen LogP contribution in [-0.4, -0.2) is 36.3 Å². The van der Waals surface area contributed by atoms with E-state index in [1.54, 1.807) is 0 Å². The van der Waals surface area contributed by atoms with Gasteiger partial charge in [0.2, 0.25) is 5.91 Å². The fourth-order valence-corrected chi connectivity index (χ4v) is 2.13. The predicted octanol–water partition coefficient (Wildman–Crippen LogP) is 0.789. The molecule has 0 fully saturated rings. The van der Waals surface area contributed by atoms with Crippen LogP contribution < -0.4 is 11.1 Å². The minimum Gasteiger partial charge on any atom is -0.364 e.